The fraction of sp³-hybridized carbons (Fsp3) is 0.769. The molecular weight excluding hydrogens is 230 g/mol. The summed E-state index contributed by atoms with van der Waals surface area (Å²) in [5.74, 6) is 0. The number of aryl methyl sites for hydroxylation is 1. The van der Waals surface area contributed by atoms with Crippen LogP contribution in [-0.2, 0) is 6.42 Å². The molecule has 1 aliphatic heterocycles. The van der Waals surface area contributed by atoms with Gasteiger partial charge in [0.05, 0.1) is 10.7 Å². The lowest BCUT2D eigenvalue weighted by molar-refractivity contribution is 0.318. The Kier molecular flexibility index (Phi) is 3.45. The molecule has 0 bridgehead atoms. The second kappa shape index (κ2) is 5.04. The lowest BCUT2D eigenvalue weighted by Gasteiger charge is -2.15. The summed E-state index contributed by atoms with van der Waals surface area (Å²) in [4.78, 5) is 7.15. The number of likely N-dealkylation sites (tertiary alicyclic amines) is 1. The minimum atomic E-state index is 0.718. The molecule has 1 saturated carbocycles. The van der Waals surface area contributed by atoms with E-state index in [1.54, 1.807) is 11.3 Å². The molecule has 3 rings (SSSR count). The van der Waals surface area contributed by atoms with E-state index in [-0.39, 0.29) is 0 Å². The Morgan fingerprint density at radius 2 is 2.35 bits per heavy atom. The smallest absolute Gasteiger partial charge is 0.0897 e. The molecular formula is C13H21N3S. The Hall–Kier alpha value is -0.450. The normalized spacial score (nSPS) is 25.6. The molecule has 94 valence electrons. The van der Waals surface area contributed by atoms with Crippen molar-refractivity contribution in [1.29, 1.82) is 0 Å². The maximum absolute atomic E-state index is 4.50. The van der Waals surface area contributed by atoms with Crippen LogP contribution >= 0.6 is 11.3 Å². The number of nitrogens with zero attached hydrogens (tertiary/aromatic N) is 2. The Morgan fingerprint density at radius 1 is 1.47 bits per heavy atom. The van der Waals surface area contributed by atoms with Crippen molar-refractivity contribution in [3.8, 4) is 0 Å². The van der Waals surface area contributed by atoms with Gasteiger partial charge in [-0.2, -0.15) is 0 Å². The average Bonchev–Trinajstić information content (AvgIpc) is 2.93. The Balaban J connectivity index is 1.37. The van der Waals surface area contributed by atoms with Crippen LogP contribution in [0.4, 0.5) is 0 Å². The highest BCUT2D eigenvalue weighted by molar-refractivity contribution is 7.09. The van der Waals surface area contributed by atoms with E-state index >= 15 is 0 Å². The molecule has 1 atom stereocenters. The summed E-state index contributed by atoms with van der Waals surface area (Å²) in [6, 6.07) is 1.65. The third-order valence-corrected chi connectivity index (χ3v) is 4.59. The largest absolute Gasteiger partial charge is 0.312 e. The van der Waals surface area contributed by atoms with Crippen molar-refractivity contribution in [2.24, 2.45) is 0 Å². The van der Waals surface area contributed by atoms with Gasteiger partial charge in [-0.1, -0.05) is 0 Å². The molecule has 1 saturated heterocycles. The summed E-state index contributed by atoms with van der Waals surface area (Å²) in [5, 5.41) is 7.04. The van der Waals surface area contributed by atoms with Crippen LogP contribution in [0, 0.1) is 6.92 Å². The lowest BCUT2D eigenvalue weighted by Crippen LogP contribution is -2.34. The summed E-state index contributed by atoms with van der Waals surface area (Å²) in [6.07, 6.45) is 5.27. The highest BCUT2D eigenvalue weighted by atomic mass is 32.1. The molecule has 1 aromatic rings. The van der Waals surface area contributed by atoms with Crippen molar-refractivity contribution in [3.05, 3.63) is 16.1 Å². The van der Waals surface area contributed by atoms with Crippen LogP contribution in [0.5, 0.6) is 0 Å². The van der Waals surface area contributed by atoms with Crippen LogP contribution in [0.3, 0.4) is 0 Å². The Labute approximate surface area is 107 Å². The van der Waals surface area contributed by atoms with Gasteiger partial charge in [0, 0.05) is 43.5 Å². The zero-order chi connectivity index (χ0) is 11.7. The van der Waals surface area contributed by atoms with Crippen LogP contribution in [-0.4, -0.2) is 41.6 Å². The fourth-order valence-electron chi connectivity index (χ4n) is 2.65. The summed E-state index contributed by atoms with van der Waals surface area (Å²) in [7, 11) is 0. The predicted octanol–water partition coefficient (Wildman–Crippen LogP) is 1.82. The number of nitrogens with one attached hydrogen (secondary N) is 1. The van der Waals surface area contributed by atoms with E-state index in [0.29, 0.717) is 0 Å². The molecule has 0 amide bonds. The molecule has 0 spiro atoms. The van der Waals surface area contributed by atoms with E-state index in [1.165, 1.54) is 43.1 Å². The van der Waals surface area contributed by atoms with Gasteiger partial charge >= 0.3 is 0 Å². The Morgan fingerprint density at radius 3 is 3.06 bits per heavy atom. The van der Waals surface area contributed by atoms with Crippen LogP contribution in [0.1, 0.15) is 30.0 Å². The molecule has 2 fully saturated rings. The monoisotopic (exact) mass is 251 g/mol. The van der Waals surface area contributed by atoms with Gasteiger partial charge in [-0.05, 0) is 26.2 Å². The van der Waals surface area contributed by atoms with Gasteiger partial charge in [-0.25, -0.2) is 4.98 Å². The molecule has 2 heterocycles. The predicted molar refractivity (Wildman–Crippen MR) is 71.6 cm³/mol. The van der Waals surface area contributed by atoms with Gasteiger partial charge in [0.25, 0.3) is 0 Å². The van der Waals surface area contributed by atoms with Gasteiger partial charge in [0.2, 0.25) is 0 Å². The van der Waals surface area contributed by atoms with Crippen LogP contribution in [0.25, 0.3) is 0 Å². The van der Waals surface area contributed by atoms with Crippen molar-refractivity contribution in [1.82, 2.24) is 15.2 Å². The Bertz CT molecular complexity index is 372. The van der Waals surface area contributed by atoms with Gasteiger partial charge < -0.3 is 5.32 Å². The number of thiazole rings is 1. The molecule has 1 aromatic heterocycles. The maximum atomic E-state index is 4.50. The average molecular weight is 251 g/mol. The minimum Gasteiger partial charge on any atom is -0.312 e. The van der Waals surface area contributed by atoms with E-state index < -0.39 is 0 Å². The highest BCUT2D eigenvalue weighted by Crippen LogP contribution is 2.29. The van der Waals surface area contributed by atoms with Crippen molar-refractivity contribution in [2.75, 3.05) is 19.6 Å². The van der Waals surface area contributed by atoms with E-state index in [0.717, 1.165) is 25.0 Å². The topological polar surface area (TPSA) is 28.2 Å². The van der Waals surface area contributed by atoms with Gasteiger partial charge in [-0.3, -0.25) is 4.90 Å². The van der Waals surface area contributed by atoms with Gasteiger partial charge in [0.1, 0.15) is 0 Å². The fourth-order valence-corrected chi connectivity index (χ4v) is 3.30. The molecule has 1 N–H and O–H groups in total. The third-order valence-electron chi connectivity index (χ3n) is 3.76. The number of hydrogen-bond donors (Lipinski definition) is 1. The highest BCUT2D eigenvalue weighted by Gasteiger charge is 2.33. The first kappa shape index (κ1) is 11.6. The SMILES string of the molecule is Cc1nc(CCNC2CCN(C3CC3)C2)cs1. The maximum Gasteiger partial charge on any atom is 0.0897 e. The third kappa shape index (κ3) is 3.06. The number of hydrogen-bond acceptors (Lipinski definition) is 4. The van der Waals surface area contributed by atoms with Crippen LogP contribution < -0.4 is 5.32 Å². The second-order valence-corrected chi connectivity index (χ2v) is 6.34. The summed E-state index contributed by atoms with van der Waals surface area (Å²) in [5.41, 5.74) is 1.25. The molecule has 1 aliphatic carbocycles. The quantitative estimate of drug-likeness (QED) is 0.865. The minimum absolute atomic E-state index is 0.718. The van der Waals surface area contributed by atoms with Crippen LogP contribution in [0.2, 0.25) is 0 Å². The molecule has 3 nitrogen and oxygen atoms in total. The van der Waals surface area contributed by atoms with Crippen molar-refractivity contribution >= 4 is 11.3 Å². The second-order valence-electron chi connectivity index (χ2n) is 5.27. The number of aromatic nitrogens is 1. The molecule has 2 aliphatic rings. The van der Waals surface area contributed by atoms with E-state index in [1.807, 2.05) is 0 Å². The van der Waals surface area contributed by atoms with Gasteiger partial charge in [0.15, 0.2) is 0 Å². The standard InChI is InChI=1S/C13H21N3S/c1-10-15-12(9-17-10)4-6-14-11-5-7-16(8-11)13-2-3-13/h9,11,13-14H,2-8H2,1H3. The molecule has 1 unspecified atom stereocenters. The van der Waals surface area contributed by atoms with E-state index in [4.69, 9.17) is 0 Å². The molecule has 17 heavy (non-hydrogen) atoms. The van der Waals surface area contributed by atoms with Gasteiger partial charge in [-0.15, -0.1) is 11.3 Å². The van der Waals surface area contributed by atoms with Crippen molar-refractivity contribution < 1.29 is 0 Å². The van der Waals surface area contributed by atoms with E-state index in [2.05, 4.69) is 27.5 Å². The van der Waals surface area contributed by atoms with Crippen LogP contribution in [0.15, 0.2) is 5.38 Å². The summed E-state index contributed by atoms with van der Waals surface area (Å²) >= 11 is 1.75. The molecule has 0 aromatic carbocycles. The van der Waals surface area contributed by atoms with E-state index in [9.17, 15) is 0 Å². The first-order valence-corrected chi connectivity index (χ1v) is 7.57. The van der Waals surface area contributed by atoms with Crippen molar-refractivity contribution in [2.45, 2.75) is 44.7 Å². The first-order valence-electron chi connectivity index (χ1n) is 6.70. The molecule has 4 heteroatoms. The molecule has 0 radical (unpaired) electrons. The summed E-state index contributed by atoms with van der Waals surface area (Å²) < 4.78 is 0. The summed E-state index contributed by atoms with van der Waals surface area (Å²) in [6.45, 7) is 5.72. The zero-order valence-corrected chi connectivity index (χ0v) is 11.3. The first-order chi connectivity index (χ1) is 8.31. The number of rotatable bonds is 5. The van der Waals surface area contributed by atoms with Crippen molar-refractivity contribution in [3.63, 3.8) is 0 Å². The lowest BCUT2D eigenvalue weighted by atomic mass is 10.2. The zero-order valence-electron chi connectivity index (χ0n) is 10.5.